The molecule has 0 saturated carbocycles. The summed E-state index contributed by atoms with van der Waals surface area (Å²) in [5, 5.41) is 8.98. The van der Waals surface area contributed by atoms with Crippen LogP contribution in [0.3, 0.4) is 0 Å². The molecule has 0 saturated heterocycles. The van der Waals surface area contributed by atoms with Crippen molar-refractivity contribution in [3.63, 3.8) is 0 Å². The molecule has 10 heteroatoms. The van der Waals surface area contributed by atoms with Crippen LogP contribution in [0.1, 0.15) is 13.3 Å². The Balaban J connectivity index is 2.47. The van der Waals surface area contributed by atoms with Gasteiger partial charge in [0.2, 0.25) is 0 Å². The predicted molar refractivity (Wildman–Crippen MR) is 89.2 cm³/mol. The zero-order valence-corrected chi connectivity index (χ0v) is 15.2. The molecule has 0 amide bonds. The molecule has 130 valence electrons. The van der Waals surface area contributed by atoms with Crippen LogP contribution in [0.2, 0.25) is 0 Å². The summed E-state index contributed by atoms with van der Waals surface area (Å²) in [6, 6.07) is 2.59. The summed E-state index contributed by atoms with van der Waals surface area (Å²) in [5.41, 5.74) is -0.557. The molecule has 0 aliphatic heterocycles. The van der Waals surface area contributed by atoms with Gasteiger partial charge in [0.1, 0.15) is 11.2 Å². The zero-order chi connectivity index (χ0) is 18.3. The fraction of sp³-hybridized carbons (Fsp3) is 0.357. The van der Waals surface area contributed by atoms with E-state index in [4.69, 9.17) is 0 Å². The van der Waals surface area contributed by atoms with E-state index in [0.717, 1.165) is 30.1 Å². The third-order valence-electron chi connectivity index (χ3n) is 3.95. The lowest BCUT2D eigenvalue weighted by molar-refractivity contribution is -0.139. The summed E-state index contributed by atoms with van der Waals surface area (Å²) < 4.78 is 36.9. The minimum atomic E-state index is -3.92. The van der Waals surface area contributed by atoms with Gasteiger partial charge in [-0.05, 0) is 25.5 Å². The third kappa shape index (κ3) is 3.20. The number of fused-ring (bicyclic) bond motifs is 1. The summed E-state index contributed by atoms with van der Waals surface area (Å²) in [6.45, 7) is 0.842. The zero-order valence-electron chi connectivity index (χ0n) is 12.8. The largest absolute Gasteiger partial charge is 0.480 e. The second-order valence-corrected chi connectivity index (χ2v) is 8.94. The molecule has 1 aromatic heterocycles. The second kappa shape index (κ2) is 6.25. The highest BCUT2D eigenvalue weighted by molar-refractivity contribution is 9.10. The van der Waals surface area contributed by atoms with Crippen molar-refractivity contribution in [2.24, 2.45) is 0 Å². The van der Waals surface area contributed by atoms with Crippen molar-refractivity contribution in [2.75, 3.05) is 6.26 Å². The van der Waals surface area contributed by atoms with Gasteiger partial charge in [-0.2, -0.15) is 0 Å². The SMILES string of the molecule is C[C@@](CCn1cnc2cc(Br)cc(F)c2c1=O)(C(=O)O)S(C)(=O)=O. The minimum absolute atomic E-state index is 0.146. The predicted octanol–water partition coefficient (Wildman–Crippen LogP) is 1.58. The van der Waals surface area contributed by atoms with Crippen molar-refractivity contribution >= 4 is 42.6 Å². The van der Waals surface area contributed by atoms with Crippen molar-refractivity contribution in [3.05, 3.63) is 39.1 Å². The molecular weight excluding hydrogens is 407 g/mol. The second-order valence-electron chi connectivity index (χ2n) is 5.58. The molecule has 0 bridgehead atoms. The number of carboxylic acids is 1. The van der Waals surface area contributed by atoms with Crippen LogP contribution in [-0.2, 0) is 21.2 Å². The summed E-state index contributed by atoms with van der Waals surface area (Å²) in [6.07, 6.45) is 1.60. The summed E-state index contributed by atoms with van der Waals surface area (Å²) in [7, 11) is -3.92. The van der Waals surface area contributed by atoms with E-state index in [9.17, 15) is 27.5 Å². The van der Waals surface area contributed by atoms with E-state index in [-0.39, 0.29) is 23.9 Å². The molecule has 1 aromatic carbocycles. The fourth-order valence-corrected chi connectivity index (χ4v) is 3.34. The number of aryl methyl sites for hydroxylation is 1. The lowest BCUT2D eigenvalue weighted by Gasteiger charge is -2.22. The molecule has 2 aromatic rings. The van der Waals surface area contributed by atoms with Crippen molar-refractivity contribution in [1.29, 1.82) is 0 Å². The molecule has 24 heavy (non-hydrogen) atoms. The van der Waals surface area contributed by atoms with Crippen molar-refractivity contribution in [1.82, 2.24) is 9.55 Å². The number of hydrogen-bond donors (Lipinski definition) is 1. The molecule has 1 heterocycles. The van der Waals surface area contributed by atoms with Crippen LogP contribution in [0.15, 0.2) is 27.7 Å². The maximum atomic E-state index is 14.0. The van der Waals surface area contributed by atoms with E-state index in [2.05, 4.69) is 20.9 Å². The number of benzene rings is 1. The molecule has 0 aliphatic rings. The number of sulfone groups is 1. The molecule has 0 spiro atoms. The number of hydrogen-bond acceptors (Lipinski definition) is 5. The Morgan fingerprint density at radius 1 is 1.46 bits per heavy atom. The van der Waals surface area contributed by atoms with Gasteiger partial charge in [-0.25, -0.2) is 17.8 Å². The molecule has 0 aliphatic carbocycles. The van der Waals surface area contributed by atoms with Crippen LogP contribution in [-0.4, -0.2) is 40.0 Å². The van der Waals surface area contributed by atoms with Crippen LogP contribution >= 0.6 is 15.9 Å². The molecule has 2 rings (SSSR count). The molecular formula is C14H14BrFN2O5S. The summed E-state index contributed by atoms with van der Waals surface area (Å²) >= 11 is 3.10. The average Bonchev–Trinajstić information content (AvgIpc) is 2.43. The van der Waals surface area contributed by atoms with E-state index < -0.39 is 31.9 Å². The quantitative estimate of drug-likeness (QED) is 0.786. The van der Waals surface area contributed by atoms with Crippen LogP contribution < -0.4 is 5.56 Å². The first-order valence-corrected chi connectivity index (χ1v) is 9.43. The minimum Gasteiger partial charge on any atom is -0.480 e. The Labute approximate surface area is 145 Å². The van der Waals surface area contributed by atoms with Gasteiger partial charge in [0.05, 0.1) is 11.8 Å². The molecule has 0 radical (unpaired) electrons. The van der Waals surface area contributed by atoms with Gasteiger partial charge in [0.25, 0.3) is 5.56 Å². The number of carbonyl (C=O) groups is 1. The Morgan fingerprint density at radius 3 is 2.62 bits per heavy atom. The van der Waals surface area contributed by atoms with Gasteiger partial charge in [-0.3, -0.25) is 14.2 Å². The molecule has 1 N–H and O–H groups in total. The normalized spacial score (nSPS) is 14.5. The smallest absolute Gasteiger partial charge is 0.324 e. The van der Waals surface area contributed by atoms with Crippen molar-refractivity contribution < 1.29 is 22.7 Å². The molecule has 0 unspecified atom stereocenters. The number of aromatic nitrogens is 2. The Kier molecular flexibility index (Phi) is 4.82. The summed E-state index contributed by atoms with van der Waals surface area (Å²) in [4.78, 5) is 27.7. The van der Waals surface area contributed by atoms with Crippen LogP contribution in [0.25, 0.3) is 10.9 Å². The van der Waals surface area contributed by atoms with Gasteiger partial charge < -0.3 is 5.11 Å². The molecule has 1 atom stereocenters. The van der Waals surface area contributed by atoms with E-state index in [1.54, 1.807) is 0 Å². The number of nitrogens with zero attached hydrogens (tertiary/aromatic N) is 2. The van der Waals surface area contributed by atoms with Crippen molar-refractivity contribution in [2.45, 2.75) is 24.6 Å². The lowest BCUT2D eigenvalue weighted by Crippen LogP contribution is -2.44. The Bertz CT molecular complexity index is 989. The third-order valence-corrected chi connectivity index (χ3v) is 6.42. The van der Waals surface area contributed by atoms with E-state index in [1.165, 1.54) is 6.07 Å². The topological polar surface area (TPSA) is 106 Å². The van der Waals surface area contributed by atoms with Crippen LogP contribution in [0, 0.1) is 5.82 Å². The molecule has 7 nitrogen and oxygen atoms in total. The van der Waals surface area contributed by atoms with Crippen LogP contribution in [0.4, 0.5) is 4.39 Å². The fourth-order valence-electron chi connectivity index (χ4n) is 2.15. The standard InChI is InChI=1S/C14H14BrFN2O5S/c1-14(13(20)21,24(2,22)23)3-4-18-7-17-10-6-8(15)5-9(16)11(10)12(18)19/h5-7H,3-4H2,1-2H3,(H,20,21)/t14-/m1/s1. The van der Waals surface area contributed by atoms with Gasteiger partial charge in [-0.1, -0.05) is 15.9 Å². The van der Waals surface area contributed by atoms with Crippen LogP contribution in [0.5, 0.6) is 0 Å². The van der Waals surface area contributed by atoms with Gasteiger partial charge in [0, 0.05) is 17.3 Å². The first-order valence-electron chi connectivity index (χ1n) is 6.74. The number of carboxylic acid groups (broad SMARTS) is 1. The number of aliphatic carboxylic acids is 1. The Morgan fingerprint density at radius 2 is 2.08 bits per heavy atom. The lowest BCUT2D eigenvalue weighted by atomic mass is 10.1. The van der Waals surface area contributed by atoms with E-state index in [1.807, 2.05) is 0 Å². The highest BCUT2D eigenvalue weighted by Crippen LogP contribution is 2.23. The van der Waals surface area contributed by atoms with Gasteiger partial charge >= 0.3 is 5.97 Å². The molecule has 0 fully saturated rings. The van der Waals surface area contributed by atoms with Gasteiger partial charge in [-0.15, -0.1) is 0 Å². The monoisotopic (exact) mass is 420 g/mol. The summed E-state index contributed by atoms with van der Waals surface area (Å²) in [5.74, 6) is -2.28. The Hall–Kier alpha value is -1.81. The maximum absolute atomic E-state index is 14.0. The van der Waals surface area contributed by atoms with E-state index >= 15 is 0 Å². The average molecular weight is 421 g/mol. The highest BCUT2D eigenvalue weighted by atomic mass is 79.9. The van der Waals surface area contributed by atoms with Gasteiger partial charge in [0.15, 0.2) is 14.6 Å². The van der Waals surface area contributed by atoms with E-state index in [0.29, 0.717) is 4.47 Å². The van der Waals surface area contributed by atoms with Crippen molar-refractivity contribution in [3.8, 4) is 0 Å². The number of halogens is 2. The maximum Gasteiger partial charge on any atom is 0.324 e. The number of rotatable bonds is 5. The first kappa shape index (κ1) is 18.5. The highest BCUT2D eigenvalue weighted by Gasteiger charge is 2.43. The first-order chi connectivity index (χ1) is 11.0.